The molecule has 0 radical (unpaired) electrons. The summed E-state index contributed by atoms with van der Waals surface area (Å²) in [5, 5.41) is 11.9. The third-order valence-corrected chi connectivity index (χ3v) is 5.09. The van der Waals surface area contributed by atoms with Gasteiger partial charge in [0.15, 0.2) is 11.0 Å². The van der Waals surface area contributed by atoms with Gasteiger partial charge in [-0.25, -0.2) is 0 Å². The summed E-state index contributed by atoms with van der Waals surface area (Å²) in [6.45, 7) is 4.36. The molecule has 1 aromatic heterocycles. The average molecular weight is 382 g/mol. The normalized spacial score (nSPS) is 10.6. The molecule has 6 nitrogen and oxygen atoms in total. The van der Waals surface area contributed by atoms with E-state index in [1.807, 2.05) is 74.0 Å². The molecule has 140 valence electrons. The van der Waals surface area contributed by atoms with Crippen LogP contribution in [0.5, 0.6) is 5.75 Å². The number of hydrogen-bond acceptors (Lipinski definition) is 5. The summed E-state index contributed by atoms with van der Waals surface area (Å²) in [6.07, 6.45) is 0. The molecule has 0 unspecified atom stereocenters. The van der Waals surface area contributed by atoms with Crippen molar-refractivity contribution in [2.75, 3.05) is 11.1 Å². The molecule has 0 spiro atoms. The lowest BCUT2D eigenvalue weighted by Gasteiger charge is -2.11. The second kappa shape index (κ2) is 8.73. The molecule has 2 aromatic carbocycles. The van der Waals surface area contributed by atoms with Gasteiger partial charge in [-0.05, 0) is 37.1 Å². The van der Waals surface area contributed by atoms with Crippen molar-refractivity contribution >= 4 is 23.4 Å². The molecule has 1 heterocycles. The van der Waals surface area contributed by atoms with Crippen LogP contribution in [0.3, 0.4) is 0 Å². The Balaban J connectivity index is 1.56. The van der Waals surface area contributed by atoms with Gasteiger partial charge >= 0.3 is 0 Å². The molecule has 0 atom stereocenters. The van der Waals surface area contributed by atoms with Gasteiger partial charge < -0.3 is 14.6 Å². The summed E-state index contributed by atoms with van der Waals surface area (Å²) in [6, 6.07) is 15.4. The predicted molar refractivity (Wildman–Crippen MR) is 107 cm³/mol. The van der Waals surface area contributed by atoms with Crippen molar-refractivity contribution in [2.45, 2.75) is 25.6 Å². The van der Waals surface area contributed by atoms with Crippen LogP contribution in [-0.4, -0.2) is 26.4 Å². The standard InChI is InChI=1S/C20H22N4O2S/c1-14-8-7-9-15(2)19(14)26-12-17-22-23-20(24(17)3)27-13-18(25)21-16-10-5-4-6-11-16/h4-11H,12-13H2,1-3H3,(H,21,25). The van der Waals surface area contributed by atoms with Crippen molar-refractivity contribution in [2.24, 2.45) is 7.05 Å². The Hall–Kier alpha value is -2.80. The molecule has 0 aliphatic carbocycles. The fraction of sp³-hybridized carbons (Fsp3) is 0.250. The Morgan fingerprint density at radius 2 is 1.78 bits per heavy atom. The number of nitrogens with zero attached hydrogens (tertiary/aromatic N) is 3. The Morgan fingerprint density at radius 1 is 1.07 bits per heavy atom. The van der Waals surface area contributed by atoms with Gasteiger partial charge in [0.1, 0.15) is 12.4 Å². The van der Waals surface area contributed by atoms with Crippen LogP contribution in [0.4, 0.5) is 5.69 Å². The number of hydrogen-bond donors (Lipinski definition) is 1. The smallest absolute Gasteiger partial charge is 0.234 e. The summed E-state index contributed by atoms with van der Waals surface area (Å²) in [5.41, 5.74) is 2.96. The maximum atomic E-state index is 12.1. The van der Waals surface area contributed by atoms with Crippen molar-refractivity contribution in [3.05, 3.63) is 65.5 Å². The first-order valence-corrected chi connectivity index (χ1v) is 9.58. The minimum Gasteiger partial charge on any atom is -0.485 e. The molecule has 0 saturated carbocycles. The zero-order chi connectivity index (χ0) is 19.2. The van der Waals surface area contributed by atoms with Gasteiger partial charge in [-0.3, -0.25) is 4.79 Å². The molecular weight excluding hydrogens is 360 g/mol. The van der Waals surface area contributed by atoms with Crippen LogP contribution in [0.25, 0.3) is 0 Å². The average Bonchev–Trinajstić information content (AvgIpc) is 3.00. The molecule has 0 aliphatic heterocycles. The number of amides is 1. The maximum Gasteiger partial charge on any atom is 0.234 e. The molecule has 0 bridgehead atoms. The predicted octanol–water partition coefficient (Wildman–Crippen LogP) is 3.74. The van der Waals surface area contributed by atoms with Crippen LogP contribution in [0.1, 0.15) is 17.0 Å². The lowest BCUT2D eigenvalue weighted by atomic mass is 10.1. The molecule has 3 rings (SSSR count). The van der Waals surface area contributed by atoms with Crippen molar-refractivity contribution < 1.29 is 9.53 Å². The number of carbonyl (C=O) groups is 1. The van der Waals surface area contributed by atoms with Crippen LogP contribution in [0.2, 0.25) is 0 Å². The number of benzene rings is 2. The van der Waals surface area contributed by atoms with E-state index in [0.29, 0.717) is 17.6 Å². The van der Waals surface area contributed by atoms with Gasteiger partial charge in [-0.1, -0.05) is 48.2 Å². The fourth-order valence-corrected chi connectivity index (χ4v) is 3.34. The number of aromatic nitrogens is 3. The fourth-order valence-electron chi connectivity index (χ4n) is 2.61. The molecule has 3 aromatic rings. The van der Waals surface area contributed by atoms with E-state index in [1.165, 1.54) is 11.8 Å². The van der Waals surface area contributed by atoms with Gasteiger partial charge in [0.2, 0.25) is 5.91 Å². The summed E-state index contributed by atoms with van der Waals surface area (Å²) in [4.78, 5) is 12.1. The lowest BCUT2D eigenvalue weighted by molar-refractivity contribution is -0.113. The first-order valence-electron chi connectivity index (χ1n) is 8.59. The van der Waals surface area contributed by atoms with Crippen molar-refractivity contribution in [1.29, 1.82) is 0 Å². The van der Waals surface area contributed by atoms with E-state index in [9.17, 15) is 4.79 Å². The quantitative estimate of drug-likeness (QED) is 0.631. The van der Waals surface area contributed by atoms with Gasteiger partial charge in [0.25, 0.3) is 0 Å². The third kappa shape index (κ3) is 4.89. The summed E-state index contributed by atoms with van der Waals surface area (Å²) < 4.78 is 7.80. The largest absolute Gasteiger partial charge is 0.485 e. The molecule has 0 aliphatic rings. The summed E-state index contributed by atoms with van der Waals surface area (Å²) in [5.74, 6) is 1.77. The highest BCUT2D eigenvalue weighted by Crippen LogP contribution is 2.24. The van der Waals surface area contributed by atoms with Crippen LogP contribution >= 0.6 is 11.8 Å². The molecule has 27 heavy (non-hydrogen) atoms. The van der Waals surface area contributed by atoms with E-state index >= 15 is 0 Å². The number of aryl methyl sites for hydroxylation is 2. The van der Waals surface area contributed by atoms with E-state index in [4.69, 9.17) is 4.74 Å². The van der Waals surface area contributed by atoms with Crippen molar-refractivity contribution in [3.8, 4) is 5.75 Å². The van der Waals surface area contributed by atoms with Crippen LogP contribution in [0.15, 0.2) is 53.7 Å². The highest BCUT2D eigenvalue weighted by molar-refractivity contribution is 7.99. The van der Waals surface area contributed by atoms with Crippen LogP contribution in [-0.2, 0) is 18.4 Å². The monoisotopic (exact) mass is 382 g/mol. The zero-order valence-electron chi connectivity index (χ0n) is 15.6. The van der Waals surface area contributed by atoms with E-state index in [-0.39, 0.29) is 11.7 Å². The first kappa shape index (κ1) is 19.0. The second-order valence-electron chi connectivity index (χ2n) is 6.17. The number of carbonyl (C=O) groups excluding carboxylic acids is 1. The third-order valence-electron chi connectivity index (χ3n) is 4.07. The van der Waals surface area contributed by atoms with E-state index in [0.717, 1.165) is 22.6 Å². The topological polar surface area (TPSA) is 69.0 Å². The number of ether oxygens (including phenoxy) is 1. The SMILES string of the molecule is Cc1cccc(C)c1OCc1nnc(SCC(=O)Nc2ccccc2)n1C. The van der Waals surface area contributed by atoms with E-state index < -0.39 is 0 Å². The molecule has 7 heteroatoms. The summed E-state index contributed by atoms with van der Waals surface area (Å²) in [7, 11) is 1.88. The van der Waals surface area contributed by atoms with Crippen molar-refractivity contribution in [1.82, 2.24) is 14.8 Å². The minimum atomic E-state index is -0.0810. The first-order chi connectivity index (χ1) is 13.0. The maximum absolute atomic E-state index is 12.1. The Labute approximate surface area is 163 Å². The van der Waals surface area contributed by atoms with Gasteiger partial charge in [0.05, 0.1) is 5.75 Å². The van der Waals surface area contributed by atoms with Crippen molar-refractivity contribution in [3.63, 3.8) is 0 Å². The number of thioether (sulfide) groups is 1. The molecule has 1 amide bonds. The lowest BCUT2D eigenvalue weighted by Crippen LogP contribution is -2.14. The number of para-hydroxylation sites is 2. The molecule has 0 saturated heterocycles. The summed E-state index contributed by atoms with van der Waals surface area (Å²) >= 11 is 1.34. The highest BCUT2D eigenvalue weighted by atomic mass is 32.2. The second-order valence-corrected chi connectivity index (χ2v) is 7.11. The molecule has 0 fully saturated rings. The molecular formula is C20H22N4O2S. The van der Waals surface area contributed by atoms with Gasteiger partial charge in [-0.15, -0.1) is 10.2 Å². The minimum absolute atomic E-state index is 0.0810. The Kier molecular flexibility index (Phi) is 6.13. The Morgan fingerprint density at radius 3 is 2.48 bits per heavy atom. The number of nitrogens with one attached hydrogen (secondary N) is 1. The number of rotatable bonds is 7. The zero-order valence-corrected chi connectivity index (χ0v) is 16.4. The molecule has 1 N–H and O–H groups in total. The van der Waals surface area contributed by atoms with Crippen LogP contribution in [0, 0.1) is 13.8 Å². The Bertz CT molecular complexity index is 905. The van der Waals surface area contributed by atoms with Gasteiger partial charge in [-0.2, -0.15) is 0 Å². The number of anilines is 1. The van der Waals surface area contributed by atoms with Gasteiger partial charge in [0, 0.05) is 12.7 Å². The van der Waals surface area contributed by atoms with Crippen LogP contribution < -0.4 is 10.1 Å². The van der Waals surface area contributed by atoms with E-state index in [1.54, 1.807) is 0 Å². The highest BCUT2D eigenvalue weighted by Gasteiger charge is 2.13. The van der Waals surface area contributed by atoms with E-state index in [2.05, 4.69) is 15.5 Å².